The Morgan fingerprint density at radius 1 is 0.571 bits per heavy atom. The molecular formula is C36H53Br3FeN2. The predicted octanol–water partition coefficient (Wildman–Crippen LogP) is 6.22. The summed E-state index contributed by atoms with van der Waals surface area (Å²) in [5.41, 5.74) is 6.30. The minimum atomic E-state index is 0. The average Bonchev–Trinajstić information content (AvgIpc) is 2.98. The van der Waals surface area contributed by atoms with E-state index in [0.29, 0.717) is 16.7 Å². The summed E-state index contributed by atoms with van der Waals surface area (Å²) in [4.78, 5) is 9.90. The maximum Gasteiger partial charge on any atom is 2.00 e. The van der Waals surface area contributed by atoms with Gasteiger partial charge in [-0.1, -0.05) is 125 Å². The number of hydrogen-bond donors (Lipinski definition) is 0. The van der Waals surface area contributed by atoms with Gasteiger partial charge in [-0.05, 0) is 85.4 Å². The van der Waals surface area contributed by atoms with Gasteiger partial charge >= 0.3 is 17.1 Å². The largest absolute Gasteiger partial charge is 2.00 e. The van der Waals surface area contributed by atoms with Gasteiger partial charge in [-0.15, -0.1) is 0 Å². The summed E-state index contributed by atoms with van der Waals surface area (Å²) >= 11 is 3.48. The molecule has 0 saturated heterocycles. The van der Waals surface area contributed by atoms with Gasteiger partial charge in [-0.25, -0.2) is 0 Å². The van der Waals surface area contributed by atoms with E-state index in [0.717, 1.165) is 11.4 Å². The number of hydrogen-bond acceptors (Lipinski definition) is 2. The van der Waals surface area contributed by atoms with Gasteiger partial charge in [-0.2, -0.15) is 0 Å². The van der Waals surface area contributed by atoms with Crippen LogP contribution in [-0.2, 0) is 17.1 Å². The van der Waals surface area contributed by atoms with Crippen LogP contribution in [0.1, 0.15) is 145 Å². The number of aromatic nitrogens is 2. The van der Waals surface area contributed by atoms with E-state index < -0.39 is 0 Å². The Kier molecular flexibility index (Phi) is 27.9. The maximum atomic E-state index is 4.71. The molecule has 0 aliphatic carbocycles. The van der Waals surface area contributed by atoms with Crippen LogP contribution in [0.25, 0.3) is 11.4 Å². The summed E-state index contributed by atoms with van der Waals surface area (Å²) in [5, 5.41) is 0. The number of pyridine rings is 2. The van der Waals surface area contributed by atoms with Crippen LogP contribution < -0.4 is 34.0 Å². The number of alkyl halides is 1. The Morgan fingerprint density at radius 2 is 0.929 bits per heavy atom. The topological polar surface area (TPSA) is 25.8 Å². The van der Waals surface area contributed by atoms with E-state index in [9.17, 15) is 0 Å². The van der Waals surface area contributed by atoms with Gasteiger partial charge in [0.2, 0.25) is 0 Å². The number of nitrogens with zero attached hydrogens (tertiary/aromatic N) is 2. The monoisotopic (exact) mass is 806 g/mol. The smallest absolute Gasteiger partial charge is 1.00 e. The van der Waals surface area contributed by atoms with Crippen LogP contribution in [0.3, 0.4) is 0 Å². The molecular weight excluding hydrogens is 756 g/mol. The van der Waals surface area contributed by atoms with Crippen molar-refractivity contribution >= 4 is 15.9 Å². The molecule has 0 aliphatic rings. The normalized spacial score (nSPS) is 11.0. The van der Waals surface area contributed by atoms with E-state index in [4.69, 9.17) is 9.97 Å². The quantitative estimate of drug-likeness (QED) is 0.127. The van der Waals surface area contributed by atoms with E-state index in [1.807, 2.05) is 30.6 Å². The van der Waals surface area contributed by atoms with Crippen LogP contribution in [0.4, 0.5) is 0 Å². The molecule has 1 unspecified atom stereocenters. The van der Waals surface area contributed by atoms with Crippen LogP contribution in [0.5, 0.6) is 0 Å². The van der Waals surface area contributed by atoms with Crippen LogP contribution >= 0.6 is 15.9 Å². The van der Waals surface area contributed by atoms with E-state index >= 15 is 0 Å². The molecule has 2 aromatic heterocycles. The Labute approximate surface area is 298 Å². The Morgan fingerprint density at radius 3 is 1.21 bits per heavy atom. The Hall–Kier alpha value is -0.521. The second-order valence-corrected chi connectivity index (χ2v) is 12.3. The van der Waals surface area contributed by atoms with Crippen LogP contribution in [0, 0.1) is 0 Å². The molecule has 2 heterocycles. The Bertz CT molecular complexity index is 955. The summed E-state index contributed by atoms with van der Waals surface area (Å²) < 4.78 is 0. The molecule has 3 rings (SSSR count). The molecule has 236 valence electrons. The molecule has 0 spiro atoms. The van der Waals surface area contributed by atoms with Crippen molar-refractivity contribution in [3.05, 3.63) is 83.7 Å². The van der Waals surface area contributed by atoms with Gasteiger partial charge in [0.05, 0.1) is 11.4 Å². The molecule has 0 fully saturated rings. The van der Waals surface area contributed by atoms with Crippen molar-refractivity contribution in [3.8, 4) is 11.4 Å². The van der Waals surface area contributed by atoms with E-state index in [2.05, 4.69) is 86.9 Å². The van der Waals surface area contributed by atoms with Crippen molar-refractivity contribution in [1.82, 2.24) is 9.97 Å². The van der Waals surface area contributed by atoms with Gasteiger partial charge < -0.3 is 34.0 Å². The van der Waals surface area contributed by atoms with Gasteiger partial charge in [0, 0.05) is 17.2 Å². The molecule has 6 heteroatoms. The zero-order valence-electron chi connectivity index (χ0n) is 26.5. The van der Waals surface area contributed by atoms with Crippen LogP contribution in [-0.4, -0.2) is 9.97 Å². The van der Waals surface area contributed by atoms with Crippen molar-refractivity contribution in [2.75, 3.05) is 0 Å². The van der Waals surface area contributed by atoms with Crippen molar-refractivity contribution in [2.24, 2.45) is 0 Å². The molecule has 2 nitrogen and oxygen atoms in total. The maximum absolute atomic E-state index is 4.71. The molecule has 3 aromatic rings. The zero-order valence-corrected chi connectivity index (χ0v) is 32.3. The van der Waals surface area contributed by atoms with Gasteiger partial charge in [0.1, 0.15) is 0 Å². The van der Waals surface area contributed by atoms with Crippen molar-refractivity contribution in [2.45, 2.75) is 128 Å². The molecule has 1 aromatic carbocycles. The number of unbranched alkanes of at least 4 members (excludes halogenated alkanes) is 4. The Balaban J connectivity index is 0. The first-order chi connectivity index (χ1) is 19.0. The third kappa shape index (κ3) is 16.5. The number of halogens is 3. The van der Waals surface area contributed by atoms with Gasteiger partial charge in [0.15, 0.2) is 0 Å². The SMILES string of the molecule is CC(Br)c1ccccc1.CCCCC(CCCC)c1ccnc(-c2cc(C(CCCC)CCCC)ccn2)c1.[Br-].[Br-].[Fe+2]. The minimum absolute atomic E-state index is 0. The van der Waals surface area contributed by atoms with E-state index in [1.54, 1.807) is 0 Å². The third-order valence-corrected chi connectivity index (χ3v) is 8.19. The van der Waals surface area contributed by atoms with Crippen LogP contribution in [0.2, 0.25) is 0 Å². The van der Waals surface area contributed by atoms with E-state index in [-0.39, 0.29) is 51.0 Å². The summed E-state index contributed by atoms with van der Waals surface area (Å²) in [6.45, 7) is 11.3. The summed E-state index contributed by atoms with van der Waals surface area (Å²) in [7, 11) is 0. The third-order valence-electron chi connectivity index (χ3n) is 7.66. The fraction of sp³-hybridized carbons (Fsp3) is 0.556. The molecule has 0 amide bonds. The standard InChI is InChI=1S/C28H44N2.C8H9Br.2BrH.Fe/c1-5-9-13-23(14-10-6-2)25-17-19-29-27(21-25)28-22-26(18-20-30-28)24(15-11-7-3)16-12-8-4;1-7(9)8-5-3-2-4-6-8;;;/h17-24H,5-16H2,1-4H3;2-7H,1H3;2*1H;/q;;;;+2/p-2. The first-order valence-electron chi connectivity index (χ1n) is 15.6. The van der Waals surface area contributed by atoms with Gasteiger partial charge in [-0.3, -0.25) is 9.97 Å². The molecule has 0 radical (unpaired) electrons. The molecule has 1 atom stereocenters. The molecule has 0 bridgehead atoms. The van der Waals surface area contributed by atoms with Crippen molar-refractivity contribution < 1.29 is 51.0 Å². The zero-order chi connectivity index (χ0) is 28.3. The molecule has 0 aliphatic heterocycles. The molecule has 0 saturated carbocycles. The average molecular weight is 809 g/mol. The number of rotatable bonds is 16. The second-order valence-electron chi connectivity index (χ2n) is 10.9. The van der Waals surface area contributed by atoms with Crippen molar-refractivity contribution in [3.63, 3.8) is 0 Å². The number of benzene rings is 1. The summed E-state index contributed by atoms with van der Waals surface area (Å²) in [6, 6.07) is 19.4. The minimum Gasteiger partial charge on any atom is -1.00 e. The predicted molar refractivity (Wildman–Crippen MR) is 175 cm³/mol. The summed E-state index contributed by atoms with van der Waals surface area (Å²) in [5.74, 6) is 1.30. The summed E-state index contributed by atoms with van der Waals surface area (Å²) in [6.07, 6.45) is 19.4. The van der Waals surface area contributed by atoms with E-state index in [1.165, 1.54) is 93.7 Å². The second kappa shape index (κ2) is 26.8. The fourth-order valence-electron chi connectivity index (χ4n) is 5.16. The van der Waals surface area contributed by atoms with Crippen molar-refractivity contribution in [1.29, 1.82) is 0 Å². The fourth-order valence-corrected chi connectivity index (χ4v) is 5.46. The van der Waals surface area contributed by atoms with Gasteiger partial charge in [0.25, 0.3) is 0 Å². The molecule has 42 heavy (non-hydrogen) atoms. The molecule has 0 N–H and O–H groups in total. The van der Waals surface area contributed by atoms with Crippen LogP contribution in [0.15, 0.2) is 67.0 Å². The first kappa shape index (κ1) is 43.6. The first-order valence-corrected chi connectivity index (χ1v) is 16.6.